The van der Waals surface area contributed by atoms with E-state index in [9.17, 15) is 4.79 Å². The average Bonchev–Trinajstić information content (AvgIpc) is 3.48. The SMILES string of the molecule is O=C(O)CCCCCc1ccc(-n2c(-c3cccs3)ccc2-c2cccs2)cc1. The van der Waals surface area contributed by atoms with E-state index >= 15 is 0 Å². The first-order valence-corrected chi connectivity index (χ1v) is 11.6. The van der Waals surface area contributed by atoms with Gasteiger partial charge in [-0.2, -0.15) is 0 Å². The van der Waals surface area contributed by atoms with Crippen LogP contribution in [0.5, 0.6) is 0 Å². The molecule has 29 heavy (non-hydrogen) atoms. The zero-order valence-electron chi connectivity index (χ0n) is 16.1. The summed E-state index contributed by atoms with van der Waals surface area (Å²) < 4.78 is 2.34. The Morgan fingerprint density at radius 2 is 1.41 bits per heavy atom. The minimum absolute atomic E-state index is 0.267. The molecule has 0 amide bonds. The Kier molecular flexibility index (Phi) is 6.27. The number of rotatable bonds is 9. The molecule has 3 aromatic heterocycles. The molecule has 0 atom stereocenters. The average molecular weight is 422 g/mol. The van der Waals surface area contributed by atoms with Crippen LogP contribution in [0.15, 0.2) is 71.4 Å². The minimum atomic E-state index is -0.704. The van der Waals surface area contributed by atoms with Gasteiger partial charge in [0, 0.05) is 12.1 Å². The number of nitrogens with zero attached hydrogens (tertiary/aromatic N) is 1. The van der Waals surface area contributed by atoms with Crippen molar-refractivity contribution in [3.63, 3.8) is 0 Å². The number of carboxylic acids is 1. The lowest BCUT2D eigenvalue weighted by Crippen LogP contribution is -1.98. The van der Waals surface area contributed by atoms with Crippen LogP contribution in [0.3, 0.4) is 0 Å². The van der Waals surface area contributed by atoms with Crippen LogP contribution in [0.1, 0.15) is 31.2 Å². The molecule has 1 aromatic carbocycles. The van der Waals surface area contributed by atoms with Gasteiger partial charge in [-0.15, -0.1) is 22.7 Å². The predicted molar refractivity (Wildman–Crippen MR) is 122 cm³/mol. The second-order valence-electron chi connectivity index (χ2n) is 7.01. The lowest BCUT2D eigenvalue weighted by molar-refractivity contribution is -0.137. The van der Waals surface area contributed by atoms with Crippen molar-refractivity contribution in [1.29, 1.82) is 0 Å². The Morgan fingerprint density at radius 3 is 1.93 bits per heavy atom. The van der Waals surface area contributed by atoms with Crippen molar-refractivity contribution < 1.29 is 9.90 Å². The van der Waals surface area contributed by atoms with Crippen molar-refractivity contribution in [3.05, 3.63) is 77.0 Å². The summed E-state index contributed by atoms with van der Waals surface area (Å²) in [6.07, 6.45) is 3.99. The highest BCUT2D eigenvalue weighted by Crippen LogP contribution is 2.36. The fraction of sp³-hybridized carbons (Fsp3) is 0.208. The van der Waals surface area contributed by atoms with E-state index in [1.807, 2.05) is 0 Å². The molecule has 0 saturated carbocycles. The predicted octanol–water partition coefficient (Wildman–Crippen LogP) is 7.12. The van der Waals surface area contributed by atoms with Crippen LogP contribution in [0.25, 0.3) is 26.8 Å². The van der Waals surface area contributed by atoms with Crippen LogP contribution >= 0.6 is 22.7 Å². The topological polar surface area (TPSA) is 42.2 Å². The number of hydrogen-bond acceptors (Lipinski definition) is 3. The van der Waals surface area contributed by atoms with Crippen LogP contribution in [-0.2, 0) is 11.2 Å². The van der Waals surface area contributed by atoms with Crippen LogP contribution in [-0.4, -0.2) is 15.6 Å². The fourth-order valence-corrected chi connectivity index (χ4v) is 5.02. The van der Waals surface area contributed by atoms with E-state index in [1.165, 1.54) is 26.7 Å². The molecular weight excluding hydrogens is 398 g/mol. The Morgan fingerprint density at radius 1 is 0.793 bits per heavy atom. The van der Waals surface area contributed by atoms with Crippen molar-refractivity contribution in [2.45, 2.75) is 32.1 Å². The first-order valence-electron chi connectivity index (χ1n) is 9.83. The second-order valence-corrected chi connectivity index (χ2v) is 8.91. The number of hydrogen-bond donors (Lipinski definition) is 1. The Balaban J connectivity index is 1.56. The van der Waals surface area contributed by atoms with E-state index in [0.29, 0.717) is 0 Å². The monoisotopic (exact) mass is 421 g/mol. The largest absolute Gasteiger partial charge is 0.481 e. The second kappa shape index (κ2) is 9.25. The maximum absolute atomic E-state index is 10.6. The summed E-state index contributed by atoms with van der Waals surface area (Å²) in [6.45, 7) is 0. The molecule has 0 radical (unpaired) electrons. The van der Waals surface area contributed by atoms with Gasteiger partial charge in [0.15, 0.2) is 0 Å². The lowest BCUT2D eigenvalue weighted by atomic mass is 10.1. The van der Waals surface area contributed by atoms with Crippen LogP contribution in [0, 0.1) is 0 Å². The van der Waals surface area contributed by atoms with Crippen LogP contribution in [0.4, 0.5) is 0 Å². The maximum atomic E-state index is 10.6. The number of carboxylic acid groups (broad SMARTS) is 1. The molecule has 0 fully saturated rings. The van der Waals surface area contributed by atoms with Crippen LogP contribution < -0.4 is 0 Å². The summed E-state index contributed by atoms with van der Waals surface area (Å²) >= 11 is 3.51. The number of benzene rings is 1. The Bertz CT molecular complexity index is 993. The van der Waals surface area contributed by atoms with Gasteiger partial charge in [-0.1, -0.05) is 30.7 Å². The summed E-state index contributed by atoms with van der Waals surface area (Å²) in [7, 11) is 0. The highest BCUT2D eigenvalue weighted by molar-refractivity contribution is 7.14. The van der Waals surface area contributed by atoms with Gasteiger partial charge in [0.1, 0.15) is 0 Å². The number of carbonyl (C=O) groups is 1. The number of thiophene rings is 2. The summed E-state index contributed by atoms with van der Waals surface area (Å²) in [6, 6.07) is 21.7. The molecule has 0 aliphatic carbocycles. The molecule has 5 heteroatoms. The van der Waals surface area contributed by atoms with E-state index in [0.717, 1.165) is 31.4 Å². The smallest absolute Gasteiger partial charge is 0.303 e. The van der Waals surface area contributed by atoms with E-state index in [4.69, 9.17) is 5.11 Å². The first kappa shape index (κ1) is 19.7. The lowest BCUT2D eigenvalue weighted by Gasteiger charge is -2.13. The fourth-order valence-electron chi connectivity index (χ4n) is 3.54. The molecule has 0 bridgehead atoms. The first-order chi connectivity index (χ1) is 14.2. The van der Waals surface area contributed by atoms with Gasteiger partial charge in [0.05, 0.1) is 21.1 Å². The molecule has 0 aliphatic rings. The van der Waals surface area contributed by atoms with Gasteiger partial charge < -0.3 is 9.67 Å². The van der Waals surface area contributed by atoms with Crippen molar-refractivity contribution in [2.75, 3.05) is 0 Å². The summed E-state index contributed by atoms with van der Waals surface area (Å²) in [5, 5.41) is 13.0. The third-order valence-electron chi connectivity index (χ3n) is 4.98. The quantitative estimate of drug-likeness (QED) is 0.292. The number of aryl methyl sites for hydroxylation is 1. The van der Waals surface area contributed by atoms with Gasteiger partial charge in [-0.05, 0) is 72.0 Å². The Hall–Kier alpha value is -2.63. The molecule has 3 nitrogen and oxygen atoms in total. The zero-order valence-corrected chi connectivity index (χ0v) is 17.7. The number of aliphatic carboxylic acids is 1. The van der Waals surface area contributed by atoms with Gasteiger partial charge in [-0.25, -0.2) is 0 Å². The summed E-state index contributed by atoms with van der Waals surface area (Å²) in [5.74, 6) is -0.704. The normalized spacial score (nSPS) is 11.0. The van der Waals surface area contributed by atoms with Crippen molar-refractivity contribution in [3.8, 4) is 26.8 Å². The molecule has 4 rings (SSSR count). The minimum Gasteiger partial charge on any atom is -0.481 e. The van der Waals surface area contributed by atoms with Crippen molar-refractivity contribution >= 4 is 28.6 Å². The van der Waals surface area contributed by atoms with Gasteiger partial charge in [0.25, 0.3) is 0 Å². The van der Waals surface area contributed by atoms with E-state index in [2.05, 4.69) is 76.0 Å². The molecular formula is C24H23NO2S2. The third kappa shape index (κ3) is 4.69. The molecule has 0 unspecified atom stereocenters. The third-order valence-corrected chi connectivity index (χ3v) is 6.76. The molecule has 3 heterocycles. The summed E-state index contributed by atoms with van der Waals surface area (Å²) in [5.41, 5.74) is 4.89. The molecule has 0 spiro atoms. The standard InChI is InChI=1S/C24H23NO2S2/c26-24(27)9-3-1-2-6-18-10-12-19(13-11-18)25-20(22-7-4-16-28-22)14-15-21(25)23-8-5-17-29-23/h4-5,7-8,10-17H,1-3,6,9H2,(H,26,27). The molecule has 0 saturated heterocycles. The highest BCUT2D eigenvalue weighted by atomic mass is 32.1. The molecule has 0 aliphatic heterocycles. The molecule has 4 aromatic rings. The maximum Gasteiger partial charge on any atom is 0.303 e. The summed E-state index contributed by atoms with van der Waals surface area (Å²) in [4.78, 5) is 13.1. The molecule has 1 N–H and O–H groups in total. The Labute approximate surface area is 178 Å². The number of unbranched alkanes of at least 4 members (excludes halogenated alkanes) is 2. The molecule has 148 valence electrons. The van der Waals surface area contributed by atoms with E-state index < -0.39 is 5.97 Å². The highest BCUT2D eigenvalue weighted by Gasteiger charge is 2.14. The zero-order chi connectivity index (χ0) is 20.1. The number of aromatic nitrogens is 1. The van der Waals surface area contributed by atoms with Gasteiger partial charge in [0.2, 0.25) is 0 Å². The van der Waals surface area contributed by atoms with Crippen molar-refractivity contribution in [2.24, 2.45) is 0 Å². The van der Waals surface area contributed by atoms with Gasteiger partial charge >= 0.3 is 5.97 Å². The van der Waals surface area contributed by atoms with E-state index in [-0.39, 0.29) is 6.42 Å². The van der Waals surface area contributed by atoms with E-state index in [1.54, 1.807) is 22.7 Å². The van der Waals surface area contributed by atoms with Gasteiger partial charge in [-0.3, -0.25) is 4.79 Å². The van der Waals surface area contributed by atoms with Crippen LogP contribution in [0.2, 0.25) is 0 Å². The van der Waals surface area contributed by atoms with Crippen molar-refractivity contribution in [1.82, 2.24) is 4.57 Å².